The van der Waals surface area contributed by atoms with Gasteiger partial charge in [0, 0.05) is 43.3 Å². The van der Waals surface area contributed by atoms with Crippen LogP contribution < -0.4 is 10.2 Å². The molecule has 2 aromatic heterocycles. The van der Waals surface area contributed by atoms with Gasteiger partial charge < -0.3 is 19.7 Å². The number of aryl methyl sites for hydroxylation is 2. The number of aromatic nitrogens is 2. The van der Waals surface area contributed by atoms with Crippen LogP contribution >= 0.6 is 11.6 Å². The molecule has 0 radical (unpaired) electrons. The highest BCUT2D eigenvalue weighted by atomic mass is 35.5. The van der Waals surface area contributed by atoms with Gasteiger partial charge in [-0.1, -0.05) is 11.6 Å². The number of hydrogen-bond acceptors (Lipinski definition) is 4. The molecule has 1 amide bonds. The zero-order valence-electron chi connectivity index (χ0n) is 17.5. The van der Waals surface area contributed by atoms with Crippen LogP contribution in [0.3, 0.4) is 0 Å². The number of halogens is 1. The van der Waals surface area contributed by atoms with Crippen LogP contribution in [0.15, 0.2) is 48.7 Å². The lowest BCUT2D eigenvalue weighted by Gasteiger charge is -2.33. The molecule has 0 bridgehead atoms. The summed E-state index contributed by atoms with van der Waals surface area (Å²) in [4.78, 5) is 22.0. The zero-order chi connectivity index (χ0) is 21.3. The normalized spacial score (nSPS) is 14.7. The van der Waals surface area contributed by atoms with Gasteiger partial charge in [-0.05, 0) is 63.4 Å². The van der Waals surface area contributed by atoms with Crippen molar-refractivity contribution in [1.29, 1.82) is 0 Å². The van der Waals surface area contributed by atoms with E-state index in [1.807, 2.05) is 38.1 Å². The molecule has 0 spiro atoms. The molecule has 7 heteroatoms. The summed E-state index contributed by atoms with van der Waals surface area (Å²) in [5.74, 6) is 0.679. The minimum Gasteiger partial charge on any atom is -0.354 e. The van der Waals surface area contributed by atoms with Crippen molar-refractivity contribution < 1.29 is 4.79 Å². The average Bonchev–Trinajstić information content (AvgIpc) is 3.08. The second kappa shape index (κ2) is 8.50. The number of benzene rings is 1. The van der Waals surface area contributed by atoms with Gasteiger partial charge >= 0.3 is 0 Å². The maximum Gasteiger partial charge on any atom is 0.257 e. The van der Waals surface area contributed by atoms with E-state index in [4.69, 9.17) is 11.6 Å². The fourth-order valence-corrected chi connectivity index (χ4v) is 3.99. The van der Waals surface area contributed by atoms with Crippen LogP contribution in [0.2, 0.25) is 5.02 Å². The highest BCUT2D eigenvalue weighted by Gasteiger charge is 2.16. The Labute approximate surface area is 182 Å². The SMILES string of the molecule is Cc1ccc(C)n1-c1ccc(Cl)c(C(=O)Nc2ccc(N3CCN(C)CC3)nc2)c1. The average molecular weight is 424 g/mol. The van der Waals surface area contributed by atoms with Crippen LogP contribution in [-0.4, -0.2) is 53.6 Å². The van der Waals surface area contributed by atoms with Crippen molar-refractivity contribution in [3.8, 4) is 5.69 Å². The minimum atomic E-state index is -0.251. The summed E-state index contributed by atoms with van der Waals surface area (Å²) < 4.78 is 2.10. The lowest BCUT2D eigenvalue weighted by atomic mass is 10.1. The van der Waals surface area contributed by atoms with Crippen LogP contribution in [0.1, 0.15) is 21.7 Å². The quantitative estimate of drug-likeness (QED) is 0.685. The Morgan fingerprint density at radius 2 is 1.70 bits per heavy atom. The number of pyridine rings is 1. The monoisotopic (exact) mass is 423 g/mol. The Morgan fingerprint density at radius 3 is 2.33 bits per heavy atom. The van der Waals surface area contributed by atoms with Crippen molar-refractivity contribution >= 4 is 29.0 Å². The highest BCUT2D eigenvalue weighted by Crippen LogP contribution is 2.24. The molecule has 156 valence electrons. The standard InChI is InChI=1S/C23H26ClN5O/c1-16-4-5-17(2)29(16)19-7-8-21(24)20(14-19)23(30)26-18-6-9-22(25-15-18)28-12-10-27(3)11-13-28/h4-9,14-15H,10-13H2,1-3H3,(H,26,30). The number of likely N-dealkylation sites (N-methyl/N-ethyl adjacent to an activating group) is 1. The summed E-state index contributed by atoms with van der Waals surface area (Å²) in [6.45, 7) is 8.03. The van der Waals surface area contributed by atoms with Crippen LogP contribution in [0.25, 0.3) is 5.69 Å². The number of anilines is 2. The summed E-state index contributed by atoms with van der Waals surface area (Å²) in [5, 5.41) is 3.33. The van der Waals surface area contributed by atoms with E-state index in [0.29, 0.717) is 16.3 Å². The maximum atomic E-state index is 12.9. The number of nitrogens with one attached hydrogen (secondary N) is 1. The Bertz CT molecular complexity index is 1030. The summed E-state index contributed by atoms with van der Waals surface area (Å²) in [6, 6.07) is 13.4. The number of hydrogen-bond donors (Lipinski definition) is 1. The van der Waals surface area contributed by atoms with Gasteiger partial charge in [-0.2, -0.15) is 0 Å². The van der Waals surface area contributed by atoms with Crippen molar-refractivity contribution in [2.75, 3.05) is 43.4 Å². The number of carbonyl (C=O) groups excluding carboxylic acids is 1. The summed E-state index contributed by atoms with van der Waals surface area (Å²) >= 11 is 6.34. The molecule has 1 aliphatic heterocycles. The number of carbonyl (C=O) groups is 1. The van der Waals surface area contributed by atoms with E-state index in [1.165, 1.54) is 0 Å². The van der Waals surface area contributed by atoms with E-state index >= 15 is 0 Å². The predicted molar refractivity (Wildman–Crippen MR) is 122 cm³/mol. The molecule has 1 N–H and O–H groups in total. The van der Waals surface area contributed by atoms with Crippen molar-refractivity contribution in [3.63, 3.8) is 0 Å². The fourth-order valence-electron chi connectivity index (χ4n) is 3.78. The molecule has 0 unspecified atom stereocenters. The van der Waals surface area contributed by atoms with E-state index in [0.717, 1.165) is 49.1 Å². The van der Waals surface area contributed by atoms with Gasteiger partial charge in [0.05, 0.1) is 22.5 Å². The van der Waals surface area contributed by atoms with Crippen molar-refractivity contribution in [1.82, 2.24) is 14.5 Å². The predicted octanol–water partition coefficient (Wildman–Crippen LogP) is 4.15. The van der Waals surface area contributed by atoms with Gasteiger partial charge in [0.15, 0.2) is 0 Å². The van der Waals surface area contributed by atoms with Gasteiger partial charge in [0.2, 0.25) is 0 Å². The summed E-state index contributed by atoms with van der Waals surface area (Å²) in [6.07, 6.45) is 1.70. The Balaban J connectivity index is 1.51. The first-order valence-corrected chi connectivity index (χ1v) is 10.5. The smallest absolute Gasteiger partial charge is 0.257 e. The van der Waals surface area contributed by atoms with Crippen LogP contribution in [0, 0.1) is 13.8 Å². The van der Waals surface area contributed by atoms with Gasteiger partial charge in [0.1, 0.15) is 5.82 Å². The van der Waals surface area contributed by atoms with Gasteiger partial charge in [0.25, 0.3) is 5.91 Å². The number of piperazine rings is 1. The van der Waals surface area contributed by atoms with Gasteiger partial charge in [-0.25, -0.2) is 4.98 Å². The third-order valence-electron chi connectivity index (χ3n) is 5.56. The first-order valence-electron chi connectivity index (χ1n) is 10.1. The third-order valence-corrected chi connectivity index (χ3v) is 5.89. The molecule has 1 aromatic carbocycles. The Morgan fingerprint density at radius 1 is 1.00 bits per heavy atom. The van der Waals surface area contributed by atoms with E-state index < -0.39 is 0 Å². The molecule has 6 nitrogen and oxygen atoms in total. The molecular weight excluding hydrogens is 398 g/mol. The Kier molecular flexibility index (Phi) is 5.79. The highest BCUT2D eigenvalue weighted by molar-refractivity contribution is 6.34. The zero-order valence-corrected chi connectivity index (χ0v) is 18.3. The molecular formula is C23H26ClN5O. The van der Waals surface area contributed by atoms with Crippen molar-refractivity contribution in [2.24, 2.45) is 0 Å². The molecule has 1 fully saturated rings. The van der Waals surface area contributed by atoms with Crippen molar-refractivity contribution in [3.05, 3.63) is 70.6 Å². The molecule has 1 saturated heterocycles. The Hall–Kier alpha value is -2.83. The van der Waals surface area contributed by atoms with E-state index in [9.17, 15) is 4.79 Å². The lowest BCUT2D eigenvalue weighted by molar-refractivity contribution is 0.102. The number of rotatable bonds is 4. The summed E-state index contributed by atoms with van der Waals surface area (Å²) in [5.41, 5.74) is 4.19. The molecule has 0 atom stereocenters. The van der Waals surface area contributed by atoms with Crippen LogP contribution in [-0.2, 0) is 0 Å². The maximum absolute atomic E-state index is 12.9. The van der Waals surface area contributed by atoms with E-state index in [2.05, 4.69) is 43.8 Å². The first-order chi connectivity index (χ1) is 14.4. The molecule has 3 aromatic rings. The summed E-state index contributed by atoms with van der Waals surface area (Å²) in [7, 11) is 2.13. The van der Waals surface area contributed by atoms with Gasteiger partial charge in [-0.15, -0.1) is 0 Å². The second-order valence-electron chi connectivity index (χ2n) is 7.77. The van der Waals surface area contributed by atoms with Crippen LogP contribution in [0.5, 0.6) is 0 Å². The minimum absolute atomic E-state index is 0.251. The van der Waals surface area contributed by atoms with E-state index in [-0.39, 0.29) is 5.91 Å². The molecule has 0 aliphatic carbocycles. The molecule has 3 heterocycles. The lowest BCUT2D eigenvalue weighted by Crippen LogP contribution is -2.44. The molecule has 4 rings (SSSR count). The van der Waals surface area contributed by atoms with Crippen LogP contribution in [0.4, 0.5) is 11.5 Å². The van der Waals surface area contributed by atoms with Crippen molar-refractivity contribution in [2.45, 2.75) is 13.8 Å². The second-order valence-corrected chi connectivity index (χ2v) is 8.17. The largest absolute Gasteiger partial charge is 0.354 e. The number of amides is 1. The third kappa shape index (κ3) is 4.20. The molecule has 1 aliphatic rings. The van der Waals surface area contributed by atoms with E-state index in [1.54, 1.807) is 12.3 Å². The fraction of sp³-hybridized carbons (Fsp3) is 0.304. The molecule has 30 heavy (non-hydrogen) atoms. The number of nitrogens with zero attached hydrogens (tertiary/aromatic N) is 4. The molecule has 0 saturated carbocycles. The van der Waals surface area contributed by atoms with Gasteiger partial charge in [-0.3, -0.25) is 4.79 Å². The first kappa shape index (κ1) is 20.4. The topological polar surface area (TPSA) is 53.4 Å².